The van der Waals surface area contributed by atoms with Crippen LogP contribution in [-0.4, -0.2) is 14.8 Å². The molecule has 4 heteroatoms. The second kappa shape index (κ2) is 4.21. The Hall–Kier alpha value is -1.68. The number of hydrogen-bond donors (Lipinski definition) is 1. The van der Waals surface area contributed by atoms with Gasteiger partial charge in [-0.1, -0.05) is 12.1 Å². The normalized spacial score (nSPS) is 15.1. The van der Waals surface area contributed by atoms with Gasteiger partial charge in [-0.05, 0) is 43.9 Å². The van der Waals surface area contributed by atoms with E-state index < -0.39 is 0 Å². The minimum atomic E-state index is 0.424. The fourth-order valence-electron chi connectivity index (χ4n) is 2.17. The van der Waals surface area contributed by atoms with Gasteiger partial charge >= 0.3 is 0 Å². The first-order chi connectivity index (χ1) is 8.70. The van der Waals surface area contributed by atoms with Crippen LogP contribution < -0.4 is 5.73 Å². The quantitative estimate of drug-likeness (QED) is 0.897. The first-order valence-electron chi connectivity index (χ1n) is 6.43. The van der Waals surface area contributed by atoms with Crippen LogP contribution in [0.4, 0.5) is 0 Å². The van der Waals surface area contributed by atoms with Gasteiger partial charge in [0.05, 0.1) is 12.2 Å². The van der Waals surface area contributed by atoms with Crippen molar-refractivity contribution < 1.29 is 0 Å². The summed E-state index contributed by atoms with van der Waals surface area (Å²) in [4.78, 5) is 4.56. The third-order valence-electron chi connectivity index (χ3n) is 3.62. The zero-order valence-electron chi connectivity index (χ0n) is 10.8. The molecular weight excluding hydrogens is 224 g/mol. The molecule has 0 amide bonds. The summed E-state index contributed by atoms with van der Waals surface area (Å²) in [6.07, 6.45) is 2.42. The molecule has 1 aliphatic rings. The molecule has 0 bridgehead atoms. The van der Waals surface area contributed by atoms with Crippen molar-refractivity contribution >= 4 is 0 Å². The minimum Gasteiger partial charge on any atom is -0.324 e. The zero-order valence-corrected chi connectivity index (χ0v) is 10.8. The lowest BCUT2D eigenvalue weighted by Gasteiger charge is -2.09. The van der Waals surface area contributed by atoms with Crippen molar-refractivity contribution in [2.45, 2.75) is 39.2 Å². The van der Waals surface area contributed by atoms with Crippen LogP contribution in [-0.2, 0) is 6.54 Å². The minimum absolute atomic E-state index is 0.424. The molecule has 94 valence electrons. The molecule has 0 radical (unpaired) electrons. The predicted octanol–water partition coefficient (Wildman–Crippen LogP) is 2.22. The standard InChI is InChI=1S/C14H18N4/c1-9-4-3-5-12(10(9)2)18-13(8-15)16-14(17-18)11-6-7-11/h3-5,11H,6-8,15H2,1-2H3. The van der Waals surface area contributed by atoms with Gasteiger partial charge in [-0.15, -0.1) is 0 Å². The van der Waals surface area contributed by atoms with Crippen molar-refractivity contribution in [3.05, 3.63) is 41.0 Å². The van der Waals surface area contributed by atoms with Crippen LogP contribution in [0.1, 0.15) is 41.5 Å². The molecule has 1 fully saturated rings. The Morgan fingerprint density at radius 1 is 1.33 bits per heavy atom. The lowest BCUT2D eigenvalue weighted by atomic mass is 10.1. The Morgan fingerprint density at radius 3 is 2.78 bits per heavy atom. The molecule has 0 aliphatic heterocycles. The summed E-state index contributed by atoms with van der Waals surface area (Å²) in [6, 6.07) is 6.24. The molecule has 2 N–H and O–H groups in total. The van der Waals surface area contributed by atoms with E-state index in [-0.39, 0.29) is 0 Å². The average molecular weight is 242 g/mol. The topological polar surface area (TPSA) is 56.7 Å². The van der Waals surface area contributed by atoms with E-state index in [1.807, 2.05) is 4.68 Å². The Kier molecular flexibility index (Phi) is 2.67. The third kappa shape index (κ3) is 1.82. The van der Waals surface area contributed by atoms with E-state index in [1.54, 1.807) is 0 Å². The molecule has 0 unspecified atom stereocenters. The molecule has 1 heterocycles. The Balaban J connectivity index is 2.12. The molecule has 4 nitrogen and oxygen atoms in total. The number of aryl methyl sites for hydroxylation is 1. The number of nitrogens with two attached hydrogens (primary N) is 1. The van der Waals surface area contributed by atoms with E-state index in [1.165, 1.54) is 24.0 Å². The van der Waals surface area contributed by atoms with Crippen molar-refractivity contribution in [1.29, 1.82) is 0 Å². The summed E-state index contributed by atoms with van der Waals surface area (Å²) < 4.78 is 1.91. The van der Waals surface area contributed by atoms with Crippen LogP contribution in [0, 0.1) is 13.8 Å². The number of aromatic nitrogens is 3. The average Bonchev–Trinajstić information content (AvgIpc) is 3.13. The first kappa shape index (κ1) is 11.4. The summed E-state index contributed by atoms with van der Waals surface area (Å²) in [5, 5.41) is 4.64. The molecule has 1 aromatic carbocycles. The van der Waals surface area contributed by atoms with Crippen molar-refractivity contribution in [2.75, 3.05) is 0 Å². The lowest BCUT2D eigenvalue weighted by molar-refractivity contribution is 0.775. The molecule has 2 aromatic rings. The number of hydrogen-bond acceptors (Lipinski definition) is 3. The van der Waals surface area contributed by atoms with Crippen LogP contribution >= 0.6 is 0 Å². The van der Waals surface area contributed by atoms with Crippen LogP contribution in [0.15, 0.2) is 18.2 Å². The maximum absolute atomic E-state index is 5.79. The SMILES string of the molecule is Cc1cccc(-n2nc(C3CC3)nc2CN)c1C. The Morgan fingerprint density at radius 2 is 2.11 bits per heavy atom. The van der Waals surface area contributed by atoms with Gasteiger partial charge in [0.25, 0.3) is 0 Å². The summed E-state index contributed by atoms with van der Waals surface area (Å²) in [5.41, 5.74) is 9.38. The smallest absolute Gasteiger partial charge is 0.154 e. The van der Waals surface area contributed by atoms with Crippen molar-refractivity contribution in [3.8, 4) is 5.69 Å². The molecule has 0 saturated heterocycles. The van der Waals surface area contributed by atoms with Gasteiger partial charge in [-0.2, -0.15) is 5.10 Å². The van der Waals surface area contributed by atoms with E-state index in [0.717, 1.165) is 17.3 Å². The second-order valence-electron chi connectivity index (χ2n) is 5.00. The monoisotopic (exact) mass is 242 g/mol. The van der Waals surface area contributed by atoms with Gasteiger partial charge in [0.2, 0.25) is 0 Å². The number of rotatable bonds is 3. The zero-order chi connectivity index (χ0) is 12.7. The first-order valence-corrected chi connectivity index (χ1v) is 6.43. The highest BCUT2D eigenvalue weighted by molar-refractivity contribution is 5.44. The number of benzene rings is 1. The van der Waals surface area contributed by atoms with Crippen molar-refractivity contribution in [1.82, 2.24) is 14.8 Å². The molecule has 1 saturated carbocycles. The van der Waals surface area contributed by atoms with E-state index in [4.69, 9.17) is 5.73 Å². The summed E-state index contributed by atoms with van der Waals surface area (Å²) in [5.74, 6) is 2.36. The van der Waals surface area contributed by atoms with Crippen molar-refractivity contribution in [2.24, 2.45) is 5.73 Å². The van der Waals surface area contributed by atoms with Gasteiger partial charge < -0.3 is 5.73 Å². The van der Waals surface area contributed by atoms with Gasteiger partial charge in [-0.3, -0.25) is 0 Å². The fourth-order valence-corrected chi connectivity index (χ4v) is 2.17. The van der Waals surface area contributed by atoms with E-state index in [2.05, 4.69) is 42.1 Å². The van der Waals surface area contributed by atoms with Crippen LogP contribution in [0.5, 0.6) is 0 Å². The van der Waals surface area contributed by atoms with Gasteiger partial charge in [0.1, 0.15) is 5.82 Å². The van der Waals surface area contributed by atoms with Gasteiger partial charge in [0.15, 0.2) is 5.82 Å². The highest BCUT2D eigenvalue weighted by Crippen LogP contribution is 2.38. The highest BCUT2D eigenvalue weighted by Gasteiger charge is 2.29. The molecule has 0 atom stereocenters. The third-order valence-corrected chi connectivity index (χ3v) is 3.62. The maximum Gasteiger partial charge on any atom is 0.154 e. The summed E-state index contributed by atoms with van der Waals surface area (Å²) in [6.45, 7) is 4.65. The Bertz CT molecular complexity index is 581. The van der Waals surface area contributed by atoms with Crippen molar-refractivity contribution in [3.63, 3.8) is 0 Å². The molecule has 1 aliphatic carbocycles. The van der Waals surface area contributed by atoms with E-state index in [9.17, 15) is 0 Å². The molecule has 0 spiro atoms. The lowest BCUT2D eigenvalue weighted by Crippen LogP contribution is -2.09. The number of nitrogens with zero attached hydrogens (tertiary/aromatic N) is 3. The molecule has 18 heavy (non-hydrogen) atoms. The molecule has 1 aromatic heterocycles. The molecule has 3 rings (SSSR count). The second-order valence-corrected chi connectivity index (χ2v) is 5.00. The van der Waals surface area contributed by atoms with Gasteiger partial charge in [0, 0.05) is 5.92 Å². The van der Waals surface area contributed by atoms with Crippen LogP contribution in [0.3, 0.4) is 0 Å². The maximum atomic E-state index is 5.79. The van der Waals surface area contributed by atoms with Crippen LogP contribution in [0.2, 0.25) is 0 Å². The highest BCUT2D eigenvalue weighted by atomic mass is 15.4. The summed E-state index contributed by atoms with van der Waals surface area (Å²) in [7, 11) is 0. The van der Waals surface area contributed by atoms with Gasteiger partial charge in [-0.25, -0.2) is 9.67 Å². The fraction of sp³-hybridized carbons (Fsp3) is 0.429. The largest absolute Gasteiger partial charge is 0.324 e. The van der Waals surface area contributed by atoms with E-state index in [0.29, 0.717) is 12.5 Å². The summed E-state index contributed by atoms with van der Waals surface area (Å²) >= 11 is 0. The Labute approximate surface area is 107 Å². The predicted molar refractivity (Wildman–Crippen MR) is 70.7 cm³/mol. The van der Waals surface area contributed by atoms with Crippen LogP contribution in [0.25, 0.3) is 5.69 Å². The molecular formula is C14H18N4. The van der Waals surface area contributed by atoms with E-state index >= 15 is 0 Å².